The van der Waals surface area contributed by atoms with Crippen LogP contribution in [0.25, 0.3) is 16.7 Å². The molecule has 6 nitrogen and oxygen atoms in total. The highest BCUT2D eigenvalue weighted by Gasteiger charge is 2.31. The van der Waals surface area contributed by atoms with E-state index in [1.54, 1.807) is 12.1 Å². The number of para-hydroxylation sites is 2. The molecule has 1 amide bonds. The van der Waals surface area contributed by atoms with Gasteiger partial charge in [-0.15, -0.1) is 0 Å². The van der Waals surface area contributed by atoms with Crippen LogP contribution in [0.1, 0.15) is 18.7 Å². The van der Waals surface area contributed by atoms with E-state index in [4.69, 9.17) is 16.6 Å². The average Bonchev–Trinajstić information content (AvgIpc) is 3.33. The van der Waals surface area contributed by atoms with Gasteiger partial charge in [0.25, 0.3) is 0 Å². The maximum atomic E-state index is 13.5. The molecule has 0 saturated carbocycles. The Kier molecular flexibility index (Phi) is 7.60. The maximum absolute atomic E-state index is 13.5. The van der Waals surface area contributed by atoms with Gasteiger partial charge in [-0.3, -0.25) is 14.3 Å². The minimum atomic E-state index is -0.411. The molecule has 2 saturated heterocycles. The molecule has 0 atom stereocenters. The fourth-order valence-electron chi connectivity index (χ4n) is 5.72. The summed E-state index contributed by atoms with van der Waals surface area (Å²) in [7, 11) is 0. The van der Waals surface area contributed by atoms with Crippen LogP contribution in [-0.4, -0.2) is 64.5 Å². The number of aromatic nitrogens is 2. The summed E-state index contributed by atoms with van der Waals surface area (Å²) in [5.74, 6) is 0.915. The first kappa shape index (κ1) is 26.3. The van der Waals surface area contributed by atoms with Crippen molar-refractivity contribution in [2.75, 3.05) is 44.2 Å². The highest BCUT2D eigenvalue weighted by Crippen LogP contribution is 2.28. The molecule has 4 aromatic rings. The SMILES string of the molecule is O=C(C1CCN(Cc2nc3ccccc3n2-c2ccc(Br)cc2)CC1)N1CCN(c2ccc(F)c(Cl)c2)CC1. The van der Waals surface area contributed by atoms with Gasteiger partial charge in [0.1, 0.15) is 11.6 Å². The molecule has 2 aliphatic heterocycles. The van der Waals surface area contributed by atoms with Crippen LogP contribution in [0.3, 0.4) is 0 Å². The molecular weight excluding hydrogens is 581 g/mol. The molecule has 0 N–H and O–H groups in total. The van der Waals surface area contributed by atoms with Crippen LogP contribution in [0.15, 0.2) is 71.2 Å². The van der Waals surface area contributed by atoms with Crippen LogP contribution in [0.5, 0.6) is 0 Å². The topological polar surface area (TPSA) is 44.6 Å². The Morgan fingerprint density at radius 2 is 1.62 bits per heavy atom. The molecule has 9 heteroatoms. The second-order valence-corrected chi connectivity index (χ2v) is 11.6. The van der Waals surface area contributed by atoms with Crippen molar-refractivity contribution in [2.24, 2.45) is 5.92 Å². The number of piperazine rings is 1. The highest BCUT2D eigenvalue weighted by molar-refractivity contribution is 9.10. The summed E-state index contributed by atoms with van der Waals surface area (Å²) >= 11 is 9.50. The third kappa shape index (κ3) is 5.55. The number of anilines is 1. The van der Waals surface area contributed by atoms with Gasteiger partial charge in [-0.2, -0.15) is 0 Å². The van der Waals surface area contributed by atoms with E-state index in [2.05, 4.69) is 72.8 Å². The van der Waals surface area contributed by atoms with E-state index in [9.17, 15) is 9.18 Å². The zero-order valence-corrected chi connectivity index (χ0v) is 23.9. The number of fused-ring (bicyclic) bond motifs is 1. The summed E-state index contributed by atoms with van der Waals surface area (Å²) in [4.78, 5) is 24.9. The average molecular weight is 611 g/mol. The minimum absolute atomic E-state index is 0.0540. The number of carbonyl (C=O) groups is 1. The van der Waals surface area contributed by atoms with E-state index < -0.39 is 5.82 Å². The molecule has 0 bridgehead atoms. The van der Waals surface area contributed by atoms with Gasteiger partial charge in [-0.05, 0) is 80.5 Å². The summed E-state index contributed by atoms with van der Waals surface area (Å²) in [6, 6.07) is 21.4. The van der Waals surface area contributed by atoms with Gasteiger partial charge in [0, 0.05) is 47.9 Å². The van der Waals surface area contributed by atoms with Gasteiger partial charge in [0.05, 0.1) is 22.6 Å². The molecule has 39 heavy (non-hydrogen) atoms. The van der Waals surface area contributed by atoms with Gasteiger partial charge in [-0.1, -0.05) is 39.7 Å². The van der Waals surface area contributed by atoms with Crippen LogP contribution in [0.4, 0.5) is 10.1 Å². The number of rotatable bonds is 5. The number of benzene rings is 3. The van der Waals surface area contributed by atoms with Gasteiger partial charge >= 0.3 is 0 Å². The smallest absolute Gasteiger partial charge is 0.225 e. The van der Waals surface area contributed by atoms with Crippen molar-refractivity contribution in [1.82, 2.24) is 19.4 Å². The van der Waals surface area contributed by atoms with Crippen molar-refractivity contribution in [3.05, 3.63) is 87.9 Å². The van der Waals surface area contributed by atoms with Crippen molar-refractivity contribution in [1.29, 1.82) is 0 Å². The van der Waals surface area contributed by atoms with Crippen LogP contribution in [-0.2, 0) is 11.3 Å². The number of halogens is 3. The molecule has 6 rings (SSSR count). The van der Waals surface area contributed by atoms with Crippen LogP contribution in [0, 0.1) is 11.7 Å². The van der Waals surface area contributed by atoms with Crippen molar-refractivity contribution in [2.45, 2.75) is 19.4 Å². The van der Waals surface area contributed by atoms with Crippen molar-refractivity contribution < 1.29 is 9.18 Å². The molecule has 202 valence electrons. The fourth-order valence-corrected chi connectivity index (χ4v) is 6.16. The molecule has 0 radical (unpaired) electrons. The van der Waals surface area contributed by atoms with E-state index >= 15 is 0 Å². The van der Waals surface area contributed by atoms with Gasteiger partial charge in [-0.25, -0.2) is 9.37 Å². The van der Waals surface area contributed by atoms with Gasteiger partial charge in [0.15, 0.2) is 0 Å². The van der Waals surface area contributed by atoms with E-state index in [-0.39, 0.29) is 16.8 Å². The summed E-state index contributed by atoms with van der Waals surface area (Å²) in [6.07, 6.45) is 1.70. The molecule has 0 unspecified atom stereocenters. The Labute approximate surface area is 241 Å². The predicted molar refractivity (Wildman–Crippen MR) is 157 cm³/mol. The number of hydrogen-bond acceptors (Lipinski definition) is 4. The zero-order chi connectivity index (χ0) is 26.9. The van der Waals surface area contributed by atoms with Crippen LogP contribution >= 0.6 is 27.5 Å². The number of piperidine rings is 1. The molecular formula is C30H30BrClFN5O. The molecule has 3 heterocycles. The lowest BCUT2D eigenvalue weighted by Gasteiger charge is -2.39. The van der Waals surface area contributed by atoms with Gasteiger partial charge in [0.2, 0.25) is 5.91 Å². The largest absolute Gasteiger partial charge is 0.368 e. The lowest BCUT2D eigenvalue weighted by atomic mass is 9.95. The molecule has 0 aliphatic carbocycles. The van der Waals surface area contributed by atoms with E-state index in [1.165, 1.54) is 6.07 Å². The Morgan fingerprint density at radius 3 is 2.33 bits per heavy atom. The Balaban J connectivity index is 1.07. The monoisotopic (exact) mass is 609 g/mol. The molecule has 1 aromatic heterocycles. The number of likely N-dealkylation sites (tertiary alicyclic amines) is 1. The normalized spacial score (nSPS) is 17.2. The predicted octanol–water partition coefficient (Wildman–Crippen LogP) is 6.14. The minimum Gasteiger partial charge on any atom is -0.368 e. The Bertz CT molecular complexity index is 1480. The first-order valence-electron chi connectivity index (χ1n) is 13.4. The summed E-state index contributed by atoms with van der Waals surface area (Å²) in [5, 5.41) is 0.130. The Hall–Kier alpha value is -2.94. The van der Waals surface area contributed by atoms with Crippen LogP contribution in [0.2, 0.25) is 5.02 Å². The molecule has 2 aliphatic rings. The van der Waals surface area contributed by atoms with Gasteiger partial charge < -0.3 is 9.80 Å². The quantitative estimate of drug-likeness (QED) is 0.272. The second-order valence-electron chi connectivity index (χ2n) is 10.3. The van der Waals surface area contributed by atoms with E-state index in [0.717, 1.165) is 78.3 Å². The Morgan fingerprint density at radius 1 is 0.923 bits per heavy atom. The number of hydrogen-bond donors (Lipinski definition) is 0. The first-order valence-corrected chi connectivity index (χ1v) is 14.6. The number of carbonyl (C=O) groups excluding carboxylic acids is 1. The zero-order valence-electron chi connectivity index (χ0n) is 21.6. The lowest BCUT2D eigenvalue weighted by Crippen LogP contribution is -2.51. The maximum Gasteiger partial charge on any atom is 0.225 e. The number of nitrogens with zero attached hydrogens (tertiary/aromatic N) is 5. The summed E-state index contributed by atoms with van der Waals surface area (Å²) in [5.41, 5.74) is 4.08. The lowest BCUT2D eigenvalue weighted by molar-refractivity contribution is -0.137. The number of imidazole rings is 1. The van der Waals surface area contributed by atoms with E-state index in [0.29, 0.717) is 13.1 Å². The van der Waals surface area contributed by atoms with Crippen molar-refractivity contribution in [3.8, 4) is 5.69 Å². The fraction of sp³-hybridized carbons (Fsp3) is 0.333. The standard InChI is InChI=1S/C30H30BrClFN5O/c31-22-5-7-23(8-6-22)38-28-4-2-1-3-27(28)34-29(38)20-35-13-11-21(12-14-35)30(39)37-17-15-36(16-18-37)24-9-10-26(33)25(32)19-24/h1-10,19,21H,11-18,20H2. The number of amides is 1. The third-order valence-corrected chi connectivity index (χ3v) is 8.69. The molecule has 0 spiro atoms. The summed E-state index contributed by atoms with van der Waals surface area (Å²) in [6.45, 7) is 5.26. The second kappa shape index (κ2) is 11.3. The molecule has 2 fully saturated rings. The summed E-state index contributed by atoms with van der Waals surface area (Å²) < 4.78 is 16.8. The third-order valence-electron chi connectivity index (χ3n) is 7.88. The molecule has 3 aromatic carbocycles. The van der Waals surface area contributed by atoms with Crippen molar-refractivity contribution >= 4 is 50.2 Å². The van der Waals surface area contributed by atoms with Crippen molar-refractivity contribution in [3.63, 3.8) is 0 Å². The van der Waals surface area contributed by atoms with E-state index in [1.807, 2.05) is 11.0 Å². The first-order chi connectivity index (χ1) is 19.0. The highest BCUT2D eigenvalue weighted by atomic mass is 79.9. The van der Waals surface area contributed by atoms with Crippen LogP contribution < -0.4 is 4.90 Å².